The van der Waals surface area contributed by atoms with Crippen molar-refractivity contribution in [2.45, 2.75) is 37.6 Å². The molecule has 0 spiro atoms. The second-order valence-corrected chi connectivity index (χ2v) is 7.40. The van der Waals surface area contributed by atoms with Gasteiger partial charge in [0, 0.05) is 0 Å². The van der Waals surface area contributed by atoms with Gasteiger partial charge in [0.25, 0.3) is 0 Å². The van der Waals surface area contributed by atoms with E-state index in [1.54, 1.807) is 0 Å². The molecule has 1 saturated heterocycles. The Labute approximate surface area is 95.4 Å². The van der Waals surface area contributed by atoms with Crippen molar-refractivity contribution in [2.24, 2.45) is 47.3 Å². The van der Waals surface area contributed by atoms with E-state index >= 15 is 0 Å². The molecule has 5 aliphatic carbocycles. The maximum atomic E-state index is 10.1. The lowest BCUT2D eigenvalue weighted by Crippen LogP contribution is -2.59. The summed E-state index contributed by atoms with van der Waals surface area (Å²) in [5.41, 5.74) is 0. The van der Waals surface area contributed by atoms with Crippen molar-refractivity contribution in [2.75, 3.05) is 0 Å². The summed E-state index contributed by atoms with van der Waals surface area (Å²) in [6.45, 7) is 0. The molecule has 6 aliphatic rings. The van der Waals surface area contributed by atoms with Gasteiger partial charge >= 0.3 is 0 Å². The predicted octanol–water partition coefficient (Wildman–Crippen LogP) is 1.28. The third kappa shape index (κ3) is 0.606. The molecule has 1 aliphatic heterocycles. The van der Waals surface area contributed by atoms with Gasteiger partial charge < -0.3 is 9.84 Å². The molecule has 5 saturated carbocycles. The Balaban J connectivity index is 1.42. The Morgan fingerprint density at radius 2 is 1.62 bits per heavy atom. The van der Waals surface area contributed by atoms with Crippen LogP contribution < -0.4 is 0 Å². The Hall–Kier alpha value is -0.0800. The van der Waals surface area contributed by atoms with Gasteiger partial charge in [-0.05, 0) is 66.6 Å². The van der Waals surface area contributed by atoms with Crippen LogP contribution in [0.5, 0.6) is 0 Å². The summed E-state index contributed by atoms with van der Waals surface area (Å²) in [7, 11) is 0. The van der Waals surface area contributed by atoms with Gasteiger partial charge in [0.1, 0.15) is 0 Å². The monoisotopic (exact) mass is 218 g/mol. The van der Waals surface area contributed by atoms with Crippen molar-refractivity contribution in [1.29, 1.82) is 0 Å². The lowest BCUT2D eigenvalue weighted by atomic mass is 9.46. The van der Waals surface area contributed by atoms with Crippen LogP contribution in [-0.4, -0.2) is 23.4 Å². The number of rotatable bonds is 0. The summed E-state index contributed by atoms with van der Waals surface area (Å²) in [5, 5.41) is 10.1. The molecule has 0 aromatic rings. The first-order valence-electron chi connectivity index (χ1n) is 7.18. The van der Waals surface area contributed by atoms with Crippen LogP contribution in [0.1, 0.15) is 19.3 Å². The van der Waals surface area contributed by atoms with Crippen molar-refractivity contribution in [3.63, 3.8) is 0 Å². The third-order valence-corrected chi connectivity index (χ3v) is 7.39. The molecule has 0 aromatic carbocycles. The SMILES string of the molecule is OC1CC2CC1C1C2CC2C3C4OC4C3C21. The number of epoxide rings is 1. The van der Waals surface area contributed by atoms with Crippen LogP contribution in [0.25, 0.3) is 0 Å². The molecule has 1 N–H and O–H groups in total. The topological polar surface area (TPSA) is 32.8 Å². The molecule has 2 heteroatoms. The van der Waals surface area contributed by atoms with Gasteiger partial charge in [0.15, 0.2) is 0 Å². The first-order valence-corrected chi connectivity index (χ1v) is 7.18. The molecule has 6 rings (SSSR count). The summed E-state index contributed by atoms with van der Waals surface area (Å²) in [6, 6.07) is 0. The minimum Gasteiger partial charge on any atom is -0.393 e. The quantitative estimate of drug-likeness (QED) is 0.621. The van der Waals surface area contributed by atoms with E-state index in [1.165, 1.54) is 12.8 Å². The highest BCUT2D eigenvalue weighted by molar-refractivity contribution is 5.27. The molecule has 6 fully saturated rings. The van der Waals surface area contributed by atoms with Gasteiger partial charge in [-0.3, -0.25) is 0 Å². The van der Waals surface area contributed by atoms with Crippen LogP contribution in [0.2, 0.25) is 0 Å². The highest BCUT2D eigenvalue weighted by Crippen LogP contribution is 2.78. The second-order valence-electron chi connectivity index (χ2n) is 7.40. The summed E-state index contributed by atoms with van der Waals surface area (Å²) >= 11 is 0. The van der Waals surface area contributed by atoms with Gasteiger partial charge in [-0.15, -0.1) is 0 Å². The fourth-order valence-corrected chi connectivity index (χ4v) is 7.02. The molecule has 11 unspecified atom stereocenters. The van der Waals surface area contributed by atoms with Crippen molar-refractivity contribution in [1.82, 2.24) is 0 Å². The summed E-state index contributed by atoms with van der Waals surface area (Å²) in [5.74, 6) is 7.39. The molecule has 16 heavy (non-hydrogen) atoms. The summed E-state index contributed by atoms with van der Waals surface area (Å²) in [4.78, 5) is 0. The van der Waals surface area contributed by atoms with Crippen LogP contribution in [0.4, 0.5) is 0 Å². The fraction of sp³-hybridized carbons (Fsp3) is 1.00. The zero-order valence-electron chi connectivity index (χ0n) is 9.33. The zero-order chi connectivity index (χ0) is 10.2. The molecule has 0 amide bonds. The molecule has 0 radical (unpaired) electrons. The van der Waals surface area contributed by atoms with Gasteiger partial charge in [-0.1, -0.05) is 0 Å². The molecule has 2 nitrogen and oxygen atoms in total. The lowest BCUT2D eigenvalue weighted by molar-refractivity contribution is -0.0866. The first kappa shape index (κ1) is 8.10. The molecule has 86 valence electrons. The number of hydrogen-bond acceptors (Lipinski definition) is 2. The average Bonchev–Trinajstić information content (AvgIpc) is 2.56. The van der Waals surface area contributed by atoms with Gasteiger partial charge in [0.05, 0.1) is 18.3 Å². The highest BCUT2D eigenvalue weighted by atomic mass is 16.6. The van der Waals surface area contributed by atoms with E-state index in [9.17, 15) is 5.11 Å². The van der Waals surface area contributed by atoms with Crippen LogP contribution >= 0.6 is 0 Å². The van der Waals surface area contributed by atoms with Crippen LogP contribution in [0.3, 0.4) is 0 Å². The van der Waals surface area contributed by atoms with E-state index in [0.29, 0.717) is 18.1 Å². The van der Waals surface area contributed by atoms with E-state index in [0.717, 1.165) is 47.8 Å². The smallest absolute Gasteiger partial charge is 0.0879 e. The molecule has 2 bridgehead atoms. The summed E-state index contributed by atoms with van der Waals surface area (Å²) in [6.07, 6.45) is 5.42. The Morgan fingerprint density at radius 1 is 0.750 bits per heavy atom. The number of fused-ring (bicyclic) bond motifs is 13. The van der Waals surface area contributed by atoms with E-state index in [4.69, 9.17) is 4.74 Å². The Bertz CT molecular complexity index is 394. The number of ether oxygens (including phenoxy) is 1. The van der Waals surface area contributed by atoms with E-state index in [-0.39, 0.29) is 6.10 Å². The predicted molar refractivity (Wildman–Crippen MR) is 56.4 cm³/mol. The first-order chi connectivity index (χ1) is 7.84. The van der Waals surface area contributed by atoms with Gasteiger partial charge in [-0.2, -0.15) is 0 Å². The van der Waals surface area contributed by atoms with E-state index < -0.39 is 0 Å². The molecule has 0 aromatic heterocycles. The van der Waals surface area contributed by atoms with E-state index in [1.807, 2.05) is 0 Å². The van der Waals surface area contributed by atoms with Crippen LogP contribution in [-0.2, 0) is 4.74 Å². The largest absolute Gasteiger partial charge is 0.393 e. The molecular formula is C14H18O2. The summed E-state index contributed by atoms with van der Waals surface area (Å²) < 4.78 is 5.74. The minimum atomic E-state index is 0.0556. The number of hydrogen-bond donors (Lipinski definition) is 1. The third-order valence-electron chi connectivity index (χ3n) is 7.39. The number of aliphatic hydroxyl groups is 1. The zero-order valence-corrected chi connectivity index (χ0v) is 9.33. The van der Waals surface area contributed by atoms with Crippen molar-refractivity contribution >= 4 is 0 Å². The molecule has 11 atom stereocenters. The van der Waals surface area contributed by atoms with Gasteiger partial charge in [0.2, 0.25) is 0 Å². The van der Waals surface area contributed by atoms with Gasteiger partial charge in [-0.25, -0.2) is 0 Å². The normalized spacial score (nSPS) is 80.4. The highest BCUT2D eigenvalue weighted by Gasteiger charge is 2.80. The molecular weight excluding hydrogens is 200 g/mol. The maximum Gasteiger partial charge on any atom is 0.0879 e. The second kappa shape index (κ2) is 2.12. The van der Waals surface area contributed by atoms with Crippen molar-refractivity contribution < 1.29 is 9.84 Å². The Kier molecular flexibility index (Phi) is 1.07. The lowest BCUT2D eigenvalue weighted by Gasteiger charge is -2.56. The fourth-order valence-electron chi connectivity index (χ4n) is 7.02. The van der Waals surface area contributed by atoms with Crippen LogP contribution in [0.15, 0.2) is 0 Å². The standard InChI is InChI=1S/C14H18O2/c15-8-2-4-1-6(8)9-5(4)3-7-10(9)12-11(7)13-14(12)16-13/h4-15H,1-3H2. The van der Waals surface area contributed by atoms with Crippen molar-refractivity contribution in [3.8, 4) is 0 Å². The average molecular weight is 218 g/mol. The Morgan fingerprint density at radius 3 is 2.56 bits per heavy atom. The number of aliphatic hydroxyl groups excluding tert-OH is 1. The minimum absolute atomic E-state index is 0.0556. The van der Waals surface area contributed by atoms with Crippen molar-refractivity contribution in [3.05, 3.63) is 0 Å². The van der Waals surface area contributed by atoms with Crippen LogP contribution in [0, 0.1) is 47.3 Å². The van der Waals surface area contributed by atoms with E-state index in [2.05, 4.69) is 0 Å². The molecule has 1 heterocycles. The maximum absolute atomic E-state index is 10.1.